The number of carbonyl (C=O) groups is 3. The second kappa shape index (κ2) is 30.6. The second-order valence-corrected chi connectivity index (χ2v) is 20.5. The summed E-state index contributed by atoms with van der Waals surface area (Å²) in [5.74, 6) is 2.95. The molecule has 0 aliphatic heterocycles. The van der Waals surface area contributed by atoms with Crippen LogP contribution < -0.4 is 40.2 Å². The van der Waals surface area contributed by atoms with E-state index < -0.39 is 6.23 Å². The second-order valence-electron chi connectivity index (χ2n) is 20.5. The van der Waals surface area contributed by atoms with Gasteiger partial charge in [0, 0.05) is 44.6 Å². The van der Waals surface area contributed by atoms with Crippen molar-refractivity contribution < 1.29 is 38.4 Å². The molecule has 73 heavy (non-hydrogen) atoms. The van der Waals surface area contributed by atoms with Crippen LogP contribution in [0.3, 0.4) is 0 Å². The van der Waals surface area contributed by atoms with Gasteiger partial charge in [-0.3, -0.25) is 29.1 Å². The molecule has 0 saturated carbocycles. The predicted molar refractivity (Wildman–Crippen MR) is 291 cm³/mol. The zero-order valence-electron chi connectivity index (χ0n) is 46.5. The summed E-state index contributed by atoms with van der Waals surface area (Å²) in [5.41, 5.74) is 4.48. The molecule has 0 fully saturated rings. The molecule has 406 valence electrons. The maximum absolute atomic E-state index is 14.0. The number of carbonyl (C=O) groups excluding carboxylic acids is 3. The summed E-state index contributed by atoms with van der Waals surface area (Å²) < 4.78 is 27.3. The van der Waals surface area contributed by atoms with Crippen LogP contribution in [0, 0.1) is 23.7 Å². The van der Waals surface area contributed by atoms with Crippen molar-refractivity contribution in [3.05, 3.63) is 59.4 Å². The number of ether oxygens (including phenoxy) is 4. The normalized spacial score (nSPS) is 13.2. The van der Waals surface area contributed by atoms with Gasteiger partial charge < -0.3 is 40.0 Å². The van der Waals surface area contributed by atoms with Crippen molar-refractivity contribution in [3.8, 4) is 45.5 Å². The van der Waals surface area contributed by atoms with Gasteiger partial charge >= 0.3 is 0 Å². The number of benzene rings is 2. The molecule has 4 atom stereocenters. The highest BCUT2D eigenvalue weighted by Crippen LogP contribution is 2.41. The van der Waals surface area contributed by atoms with Gasteiger partial charge in [0.1, 0.15) is 29.2 Å². The number of unbranched alkanes of at least 4 members (excludes halogenated alkanes) is 2. The van der Waals surface area contributed by atoms with Crippen LogP contribution in [0.2, 0.25) is 0 Å². The lowest BCUT2D eigenvalue weighted by atomic mass is 9.99. The summed E-state index contributed by atoms with van der Waals surface area (Å²) in [6.07, 6.45) is 8.12. The SMILES string of the molecule is CCCCNC(=O)C[C@@H](CC(C)C)NC(=O)c1cc(-c2c(OC)cc(CCCCNC(O)C[C@@H](CC(C)C)NC(=O)c3cc(-c4c(OC)cccc4OC)n(CC(CC)CC)n3)cc2OC)n(CC(C)CC)n1. The van der Waals surface area contributed by atoms with E-state index in [-0.39, 0.29) is 59.7 Å². The van der Waals surface area contributed by atoms with Crippen LogP contribution in [-0.4, -0.2) is 102 Å². The van der Waals surface area contributed by atoms with E-state index in [0.29, 0.717) is 91.3 Å². The minimum Gasteiger partial charge on any atom is -0.496 e. The van der Waals surface area contributed by atoms with Gasteiger partial charge in [0.05, 0.1) is 51.0 Å². The molecule has 0 saturated heterocycles. The number of nitrogens with zero attached hydrogens (tertiary/aromatic N) is 4. The minimum absolute atomic E-state index is 0.0742. The van der Waals surface area contributed by atoms with Crippen LogP contribution in [0.1, 0.15) is 159 Å². The summed E-state index contributed by atoms with van der Waals surface area (Å²) in [7, 11) is 6.50. The molecule has 5 N–H and O–H groups in total. The van der Waals surface area contributed by atoms with Gasteiger partial charge in [-0.1, -0.05) is 94.1 Å². The van der Waals surface area contributed by atoms with Crippen molar-refractivity contribution in [2.24, 2.45) is 23.7 Å². The summed E-state index contributed by atoms with van der Waals surface area (Å²) in [5, 5.41) is 33.5. The van der Waals surface area contributed by atoms with Crippen LogP contribution in [-0.2, 0) is 24.3 Å². The third kappa shape index (κ3) is 18.1. The van der Waals surface area contributed by atoms with Crippen molar-refractivity contribution >= 4 is 17.7 Å². The molecule has 3 amide bonds. The lowest BCUT2D eigenvalue weighted by Gasteiger charge is -2.23. The van der Waals surface area contributed by atoms with E-state index >= 15 is 0 Å². The van der Waals surface area contributed by atoms with E-state index in [1.54, 1.807) is 34.5 Å². The first-order valence-electron chi connectivity index (χ1n) is 26.9. The van der Waals surface area contributed by atoms with E-state index in [1.807, 2.05) is 45.8 Å². The lowest BCUT2D eigenvalue weighted by Crippen LogP contribution is -2.42. The minimum atomic E-state index is -0.840. The number of aromatic nitrogens is 4. The topological polar surface area (TPSA) is 192 Å². The summed E-state index contributed by atoms with van der Waals surface area (Å²) in [6, 6.07) is 12.6. The quantitative estimate of drug-likeness (QED) is 0.0221. The zero-order valence-corrected chi connectivity index (χ0v) is 46.5. The van der Waals surface area contributed by atoms with Crippen LogP contribution in [0.15, 0.2) is 42.5 Å². The average molecular weight is 1020 g/mol. The van der Waals surface area contributed by atoms with Crippen LogP contribution >= 0.6 is 0 Å². The molecule has 4 rings (SSSR count). The highest BCUT2D eigenvalue weighted by Gasteiger charge is 2.28. The maximum atomic E-state index is 14.0. The fraction of sp³-hybridized carbons (Fsp3) is 0.632. The Labute approximate surface area is 436 Å². The molecular formula is C57H90N8O8. The number of rotatable bonds is 34. The van der Waals surface area contributed by atoms with Crippen molar-refractivity contribution in [2.75, 3.05) is 41.5 Å². The van der Waals surface area contributed by atoms with E-state index in [4.69, 9.17) is 29.1 Å². The molecule has 16 nitrogen and oxygen atoms in total. The van der Waals surface area contributed by atoms with Gasteiger partial charge in [0.2, 0.25) is 5.91 Å². The number of hydrogen-bond donors (Lipinski definition) is 5. The number of nitrogens with one attached hydrogen (secondary N) is 4. The number of amides is 3. The Balaban J connectivity index is 1.45. The summed E-state index contributed by atoms with van der Waals surface area (Å²) >= 11 is 0. The molecule has 16 heteroatoms. The largest absolute Gasteiger partial charge is 0.496 e. The molecule has 0 bridgehead atoms. The lowest BCUT2D eigenvalue weighted by molar-refractivity contribution is -0.121. The van der Waals surface area contributed by atoms with Gasteiger partial charge in [-0.25, -0.2) is 0 Å². The van der Waals surface area contributed by atoms with Crippen LogP contribution in [0.4, 0.5) is 0 Å². The van der Waals surface area contributed by atoms with Gasteiger partial charge in [0.25, 0.3) is 11.8 Å². The first kappa shape index (κ1) is 59.9. The van der Waals surface area contributed by atoms with Gasteiger partial charge in [-0.15, -0.1) is 0 Å². The molecule has 0 radical (unpaired) electrons. The number of aryl methyl sites for hydroxylation is 1. The molecule has 0 spiro atoms. The highest BCUT2D eigenvalue weighted by molar-refractivity contribution is 5.95. The van der Waals surface area contributed by atoms with Crippen LogP contribution in [0.25, 0.3) is 22.5 Å². The van der Waals surface area contributed by atoms with Crippen molar-refractivity contribution in [3.63, 3.8) is 0 Å². The first-order valence-corrected chi connectivity index (χ1v) is 26.9. The van der Waals surface area contributed by atoms with E-state index in [0.717, 1.165) is 68.2 Å². The Morgan fingerprint density at radius 2 is 1.15 bits per heavy atom. The Morgan fingerprint density at radius 3 is 1.66 bits per heavy atom. The smallest absolute Gasteiger partial charge is 0.272 e. The molecule has 2 aromatic heterocycles. The van der Waals surface area contributed by atoms with Gasteiger partial charge in [-0.2, -0.15) is 10.2 Å². The third-order valence-corrected chi connectivity index (χ3v) is 13.5. The van der Waals surface area contributed by atoms with E-state index in [1.165, 1.54) is 0 Å². The average Bonchev–Trinajstić information content (AvgIpc) is 3.98. The molecule has 2 heterocycles. The maximum Gasteiger partial charge on any atom is 0.272 e. The highest BCUT2D eigenvalue weighted by atomic mass is 16.5. The number of aliphatic hydroxyl groups excluding tert-OH is 1. The van der Waals surface area contributed by atoms with Crippen molar-refractivity contribution in [1.82, 2.24) is 40.8 Å². The fourth-order valence-electron chi connectivity index (χ4n) is 9.26. The third-order valence-electron chi connectivity index (χ3n) is 13.5. The molecule has 2 unspecified atom stereocenters. The summed E-state index contributed by atoms with van der Waals surface area (Å²) in [6.45, 7) is 21.5. The Morgan fingerprint density at radius 1 is 0.630 bits per heavy atom. The Bertz CT molecular complexity index is 2270. The summed E-state index contributed by atoms with van der Waals surface area (Å²) in [4.78, 5) is 40.7. The first-order chi connectivity index (χ1) is 35.0. The Hall–Kier alpha value is -5.61. The van der Waals surface area contributed by atoms with E-state index in [9.17, 15) is 19.5 Å². The standard InChI is InChI=1S/C57H90N8O8/c1-14-18-25-58-52(66)31-42(27-37(5)6)60-56(68)44-34-47(64(62-44)35-39(9)15-2)55-50(72-12)29-41(30-51(55)73-13)22-19-20-26-59-53(67)32-43(28-38(7)8)61-57(69)45-33-46(65(63-45)36-40(16-3)17-4)54-48(70-10)23-21-24-49(54)71-11/h21,23-24,29-30,33-34,37-40,42-43,53,59,67H,14-20,22,25-28,31-32,35-36H2,1-13H3,(H,58,66)(H,60,68)(H,61,69)/t39?,42-,43-,53?/m1/s1. The molecule has 0 aliphatic rings. The molecule has 0 aliphatic carbocycles. The number of aliphatic hydroxyl groups is 1. The predicted octanol–water partition coefficient (Wildman–Crippen LogP) is 9.85. The van der Waals surface area contributed by atoms with Crippen molar-refractivity contribution in [2.45, 2.75) is 171 Å². The Kier molecular flexibility index (Phi) is 25.1. The monoisotopic (exact) mass is 1010 g/mol. The zero-order chi connectivity index (χ0) is 53.6. The van der Waals surface area contributed by atoms with Crippen molar-refractivity contribution in [1.29, 1.82) is 0 Å². The number of hydrogen-bond acceptors (Lipinski definition) is 11. The van der Waals surface area contributed by atoms with Gasteiger partial charge in [-0.05, 0) is 111 Å². The van der Waals surface area contributed by atoms with E-state index in [2.05, 4.69) is 83.6 Å². The van der Waals surface area contributed by atoms with Gasteiger partial charge in [0.15, 0.2) is 11.4 Å². The molecular weight excluding hydrogens is 925 g/mol. The molecule has 4 aromatic rings. The number of methoxy groups -OCH3 is 4. The molecule has 2 aromatic carbocycles. The fourth-order valence-corrected chi connectivity index (χ4v) is 9.26. The van der Waals surface area contributed by atoms with Crippen LogP contribution in [0.5, 0.6) is 23.0 Å².